The maximum Gasteiger partial charge on any atom is 0.516 e. The normalized spacial score (nSPS) is 15.2. The number of carbonyl (C=O) groups excluding carboxylic acids is 1. The number of nitrogens with zero attached hydrogens (tertiary/aromatic N) is 10. The third-order valence-electron chi connectivity index (χ3n) is 13.0. The molecule has 0 radical (unpaired) electrons. The Bertz CT molecular complexity index is 3080. The van der Waals surface area contributed by atoms with Crippen molar-refractivity contribution in [3.8, 4) is 23.8 Å². The van der Waals surface area contributed by atoms with Gasteiger partial charge in [0.1, 0.15) is 24.5 Å². The van der Waals surface area contributed by atoms with E-state index in [9.17, 15) is 9.59 Å². The zero-order valence-electron chi connectivity index (χ0n) is 41.3. The maximum atomic E-state index is 14.8. The first-order chi connectivity index (χ1) is 35.1. The van der Waals surface area contributed by atoms with Gasteiger partial charge in [-0.3, -0.25) is 23.5 Å². The number of benzene rings is 3. The molecule has 2 aliphatic rings. The first-order valence-electron chi connectivity index (χ1n) is 24.3. The molecule has 3 aromatic carbocycles. The fourth-order valence-corrected chi connectivity index (χ4v) is 9.59. The standard InChI is InChI=1S/C51H62N12O9/c1-5-69-51(65)72-49-54-41-43(52)55-47(70-22-20-66-2)57-45(41)62(49)29-35-12-9-11-34(25-35)28-60-19-16-38(31-60)40-26-39(68-4)15-14-37(40)32-61-42-44(53)56-48(71-23-21-67-3)58-46(42)63(50(61)64)30-36-13-8-10-33(24-36)27-59-17-6-7-18-59/h8-15,24-26,38H,5-7,16-23,27-32H2,1-4H3,(H2,52,55,57)(H2,53,56,58). The second-order valence-corrected chi connectivity index (χ2v) is 17.9. The third kappa shape index (κ3) is 11.4. The highest BCUT2D eigenvalue weighted by molar-refractivity contribution is 5.84. The van der Waals surface area contributed by atoms with E-state index in [2.05, 4.69) is 60.1 Å². The minimum atomic E-state index is -0.909. The lowest BCUT2D eigenvalue weighted by Gasteiger charge is -2.20. The summed E-state index contributed by atoms with van der Waals surface area (Å²) in [6.45, 7) is 8.95. The van der Waals surface area contributed by atoms with Gasteiger partial charge in [0.2, 0.25) is 0 Å². The molecule has 21 nitrogen and oxygen atoms in total. The molecule has 2 aliphatic heterocycles. The highest BCUT2D eigenvalue weighted by atomic mass is 16.7. The first-order valence-corrected chi connectivity index (χ1v) is 24.3. The molecule has 6 heterocycles. The number of carbonyl (C=O) groups is 1. The number of aromatic nitrogens is 8. The highest BCUT2D eigenvalue weighted by Gasteiger charge is 2.29. The predicted octanol–water partition coefficient (Wildman–Crippen LogP) is 5.22. The summed E-state index contributed by atoms with van der Waals surface area (Å²) in [7, 11) is 4.82. The molecule has 1 unspecified atom stereocenters. The molecule has 7 aromatic rings. The molecule has 2 saturated heterocycles. The molecule has 1 atom stereocenters. The van der Waals surface area contributed by atoms with Gasteiger partial charge in [-0.1, -0.05) is 54.6 Å². The fraction of sp³-hybridized carbons (Fsp3) is 0.431. The van der Waals surface area contributed by atoms with Gasteiger partial charge in [0.25, 0.3) is 0 Å². The van der Waals surface area contributed by atoms with Crippen LogP contribution in [0.15, 0.2) is 71.5 Å². The monoisotopic (exact) mass is 986 g/mol. The van der Waals surface area contributed by atoms with Gasteiger partial charge in [0, 0.05) is 33.9 Å². The number of anilines is 2. The van der Waals surface area contributed by atoms with Crippen molar-refractivity contribution in [1.82, 2.24) is 48.4 Å². The van der Waals surface area contributed by atoms with E-state index in [1.807, 2.05) is 36.4 Å². The smallest absolute Gasteiger partial charge is 0.497 e. The Kier molecular flexibility index (Phi) is 15.7. The summed E-state index contributed by atoms with van der Waals surface area (Å²) in [6, 6.07) is 22.7. The molecule has 2 fully saturated rings. The summed E-state index contributed by atoms with van der Waals surface area (Å²) in [5.74, 6) is 1.06. The average molecular weight is 987 g/mol. The van der Waals surface area contributed by atoms with Gasteiger partial charge in [0.05, 0.1) is 46.6 Å². The number of fused-ring (bicyclic) bond motifs is 2. The Balaban J connectivity index is 0.969. The second kappa shape index (κ2) is 22.8. The van der Waals surface area contributed by atoms with E-state index < -0.39 is 6.16 Å². The maximum absolute atomic E-state index is 14.8. The SMILES string of the molecule is CCOC(=O)Oc1nc2c(N)nc(OCCOC)nc2n1Cc1cccc(CN2CCC(c3cc(OC)ccc3Cn3c(=O)n(Cc4cccc(CN5CCCC5)c4)c4nc(OCCOC)nc(N)c43)C2)c1. The van der Waals surface area contributed by atoms with Crippen molar-refractivity contribution >= 4 is 40.1 Å². The quantitative estimate of drug-likeness (QED) is 0.0654. The molecule has 21 heteroatoms. The highest BCUT2D eigenvalue weighted by Crippen LogP contribution is 2.35. The number of imidazole rings is 2. The van der Waals surface area contributed by atoms with Crippen LogP contribution < -0.4 is 36.1 Å². The molecule has 0 saturated carbocycles. The van der Waals surface area contributed by atoms with Crippen molar-refractivity contribution < 1.29 is 38.0 Å². The van der Waals surface area contributed by atoms with Crippen LogP contribution in [0.5, 0.6) is 23.8 Å². The number of rotatable bonds is 22. The molecule has 0 spiro atoms. The number of nitrogens with two attached hydrogens (primary N) is 2. The van der Waals surface area contributed by atoms with Crippen LogP contribution in [0.3, 0.4) is 0 Å². The molecule has 380 valence electrons. The Hall–Kier alpha value is -7.33. The molecule has 0 amide bonds. The van der Waals surface area contributed by atoms with Gasteiger partial charge in [-0.15, -0.1) is 0 Å². The minimum Gasteiger partial charge on any atom is -0.497 e. The van der Waals surface area contributed by atoms with Crippen LogP contribution in [0.1, 0.15) is 65.5 Å². The minimum absolute atomic E-state index is 0.0390. The number of hydrogen-bond acceptors (Lipinski definition) is 18. The van der Waals surface area contributed by atoms with Gasteiger partial charge in [-0.05, 0) is 97.3 Å². The van der Waals surface area contributed by atoms with Crippen LogP contribution in [0.2, 0.25) is 0 Å². The van der Waals surface area contributed by atoms with Crippen molar-refractivity contribution in [1.29, 1.82) is 0 Å². The number of hydrogen-bond donors (Lipinski definition) is 2. The van der Waals surface area contributed by atoms with E-state index in [0.29, 0.717) is 36.6 Å². The number of methoxy groups -OCH3 is 3. The van der Waals surface area contributed by atoms with Crippen LogP contribution in [0.25, 0.3) is 22.3 Å². The van der Waals surface area contributed by atoms with Crippen molar-refractivity contribution in [3.05, 3.63) is 111 Å². The summed E-state index contributed by atoms with van der Waals surface area (Å²) < 4.78 is 43.2. The van der Waals surface area contributed by atoms with E-state index in [-0.39, 0.29) is 86.2 Å². The fourth-order valence-electron chi connectivity index (χ4n) is 9.59. The molecule has 0 aliphatic carbocycles. The number of ether oxygens (including phenoxy) is 7. The van der Waals surface area contributed by atoms with Gasteiger partial charge < -0.3 is 44.6 Å². The van der Waals surface area contributed by atoms with Crippen LogP contribution in [-0.2, 0) is 46.9 Å². The molecular formula is C51H62N12O9. The van der Waals surface area contributed by atoms with Crippen molar-refractivity contribution in [2.45, 2.75) is 64.8 Å². The van der Waals surface area contributed by atoms with Gasteiger partial charge in [-0.2, -0.15) is 24.9 Å². The summed E-state index contributed by atoms with van der Waals surface area (Å²) >= 11 is 0. The first kappa shape index (κ1) is 49.6. The van der Waals surface area contributed by atoms with Crippen LogP contribution >= 0.6 is 0 Å². The zero-order chi connectivity index (χ0) is 50.1. The van der Waals surface area contributed by atoms with E-state index in [1.54, 1.807) is 42.0 Å². The van der Waals surface area contributed by atoms with Crippen molar-refractivity contribution in [2.24, 2.45) is 0 Å². The van der Waals surface area contributed by atoms with E-state index in [4.69, 9.17) is 49.6 Å². The topological polar surface area (TPSA) is 237 Å². The molecular weight excluding hydrogens is 925 g/mol. The molecule has 4 aromatic heterocycles. The van der Waals surface area contributed by atoms with Crippen molar-refractivity contribution in [2.75, 3.05) is 92.0 Å². The number of nitrogen functional groups attached to an aromatic ring is 2. The lowest BCUT2D eigenvalue weighted by Crippen LogP contribution is -2.26. The van der Waals surface area contributed by atoms with E-state index >= 15 is 0 Å². The molecule has 0 bridgehead atoms. The molecule has 4 N–H and O–H groups in total. The second-order valence-electron chi connectivity index (χ2n) is 17.9. The lowest BCUT2D eigenvalue weighted by molar-refractivity contribution is 0.0995. The summed E-state index contributed by atoms with van der Waals surface area (Å²) in [5, 5.41) is 0. The Morgan fingerprint density at radius 2 is 1.29 bits per heavy atom. The largest absolute Gasteiger partial charge is 0.516 e. The van der Waals surface area contributed by atoms with Gasteiger partial charge in [0.15, 0.2) is 28.4 Å². The van der Waals surface area contributed by atoms with Crippen LogP contribution in [-0.4, -0.2) is 135 Å². The summed E-state index contributed by atoms with van der Waals surface area (Å²) in [4.78, 5) is 54.8. The Morgan fingerprint density at radius 1 is 0.667 bits per heavy atom. The Morgan fingerprint density at radius 3 is 1.94 bits per heavy atom. The van der Waals surface area contributed by atoms with Gasteiger partial charge >= 0.3 is 29.9 Å². The van der Waals surface area contributed by atoms with E-state index in [1.165, 1.54) is 18.4 Å². The third-order valence-corrected chi connectivity index (χ3v) is 13.0. The average Bonchev–Trinajstić information content (AvgIpc) is 4.18. The zero-order valence-corrected chi connectivity index (χ0v) is 41.3. The molecule has 72 heavy (non-hydrogen) atoms. The predicted molar refractivity (Wildman–Crippen MR) is 269 cm³/mol. The molecule has 9 rings (SSSR count). The van der Waals surface area contributed by atoms with Crippen molar-refractivity contribution in [3.63, 3.8) is 0 Å². The van der Waals surface area contributed by atoms with Crippen LogP contribution in [0, 0.1) is 0 Å². The summed E-state index contributed by atoms with van der Waals surface area (Å²) in [6.07, 6.45) is 2.39. The Labute approximate surface area is 416 Å². The van der Waals surface area contributed by atoms with Gasteiger partial charge in [-0.25, -0.2) is 9.59 Å². The van der Waals surface area contributed by atoms with Crippen LogP contribution in [0.4, 0.5) is 16.4 Å². The summed E-state index contributed by atoms with van der Waals surface area (Å²) in [5.41, 5.74) is 20.4. The number of likely N-dealkylation sites (tertiary alicyclic amines) is 2. The lowest BCUT2D eigenvalue weighted by atomic mass is 9.93. The van der Waals surface area contributed by atoms with E-state index in [0.717, 1.165) is 72.7 Å².